The van der Waals surface area contributed by atoms with Crippen LogP contribution in [-0.2, 0) is 0 Å². The quantitative estimate of drug-likeness (QED) is 0.221. The molecule has 0 amide bonds. The largest absolute Gasteiger partial charge is 0.256 e. The van der Waals surface area contributed by atoms with Crippen LogP contribution in [0.2, 0.25) is 0 Å². The third-order valence-corrected chi connectivity index (χ3v) is 8.86. The average molecular weight is 532 g/mol. The van der Waals surface area contributed by atoms with Crippen LogP contribution < -0.4 is 0 Å². The van der Waals surface area contributed by atoms with Crippen molar-refractivity contribution in [3.8, 4) is 55.6 Å². The van der Waals surface area contributed by atoms with E-state index in [0.717, 1.165) is 5.52 Å². The first-order valence-electron chi connectivity index (χ1n) is 14.5. The van der Waals surface area contributed by atoms with Crippen LogP contribution in [0.5, 0.6) is 0 Å². The molecule has 0 radical (unpaired) electrons. The molecule has 1 heteroatoms. The van der Waals surface area contributed by atoms with Gasteiger partial charge in [0.05, 0.1) is 5.52 Å². The molecule has 0 N–H and O–H groups in total. The summed E-state index contributed by atoms with van der Waals surface area (Å²) in [5.41, 5.74) is 13.9. The molecule has 0 spiro atoms. The molecule has 9 rings (SSSR count). The Kier molecular flexibility index (Phi) is 4.97. The fraction of sp³-hybridized carbons (Fsp3) is 0. The zero-order chi connectivity index (χ0) is 27.6. The van der Waals surface area contributed by atoms with Gasteiger partial charge in [-0.25, -0.2) is 0 Å². The molecule has 1 aromatic heterocycles. The number of hydrogen-bond donors (Lipinski definition) is 0. The van der Waals surface area contributed by atoms with Crippen LogP contribution in [0.4, 0.5) is 0 Å². The summed E-state index contributed by atoms with van der Waals surface area (Å²) in [4.78, 5) is 4.65. The van der Waals surface area contributed by atoms with Gasteiger partial charge in [0.2, 0.25) is 0 Å². The predicted octanol–water partition coefficient (Wildman–Crippen LogP) is 11.2. The Morgan fingerprint density at radius 2 is 0.810 bits per heavy atom. The van der Waals surface area contributed by atoms with Gasteiger partial charge < -0.3 is 0 Å². The smallest absolute Gasteiger partial charge is 0.0708 e. The highest BCUT2D eigenvalue weighted by atomic mass is 14.6. The lowest BCUT2D eigenvalue weighted by Crippen LogP contribution is -1.93. The maximum absolute atomic E-state index is 4.65. The van der Waals surface area contributed by atoms with Crippen molar-refractivity contribution in [2.75, 3.05) is 0 Å². The topological polar surface area (TPSA) is 12.9 Å². The molecule has 1 aliphatic carbocycles. The summed E-state index contributed by atoms with van der Waals surface area (Å²) in [6.45, 7) is 0. The maximum Gasteiger partial charge on any atom is 0.0708 e. The Morgan fingerprint density at radius 3 is 1.48 bits per heavy atom. The Bertz CT molecular complexity index is 2240. The predicted molar refractivity (Wildman–Crippen MR) is 177 cm³/mol. The van der Waals surface area contributed by atoms with Crippen LogP contribution in [0.3, 0.4) is 0 Å². The van der Waals surface area contributed by atoms with Gasteiger partial charge in [-0.1, -0.05) is 133 Å². The number of rotatable bonds is 3. The fourth-order valence-corrected chi connectivity index (χ4v) is 7.18. The minimum absolute atomic E-state index is 1.02. The van der Waals surface area contributed by atoms with Crippen LogP contribution in [0.25, 0.3) is 88.1 Å². The van der Waals surface area contributed by atoms with Gasteiger partial charge >= 0.3 is 0 Å². The number of hydrogen-bond acceptors (Lipinski definition) is 1. The second kappa shape index (κ2) is 8.99. The van der Waals surface area contributed by atoms with Crippen molar-refractivity contribution < 1.29 is 0 Å². The van der Waals surface area contributed by atoms with E-state index in [9.17, 15) is 0 Å². The minimum atomic E-state index is 1.02. The summed E-state index contributed by atoms with van der Waals surface area (Å²) in [6.07, 6.45) is 1.93. The normalized spacial score (nSPS) is 11.8. The third kappa shape index (κ3) is 3.22. The summed E-state index contributed by atoms with van der Waals surface area (Å²) in [5, 5.41) is 6.35. The molecular weight excluding hydrogens is 506 g/mol. The number of para-hydroxylation sites is 1. The van der Waals surface area contributed by atoms with Gasteiger partial charge in [-0.05, 0) is 89.3 Å². The van der Waals surface area contributed by atoms with Crippen molar-refractivity contribution in [3.05, 3.63) is 152 Å². The van der Waals surface area contributed by atoms with Crippen LogP contribution in [0.15, 0.2) is 152 Å². The fourth-order valence-electron chi connectivity index (χ4n) is 7.18. The van der Waals surface area contributed by atoms with Gasteiger partial charge in [0.25, 0.3) is 0 Å². The van der Waals surface area contributed by atoms with Gasteiger partial charge in [0.15, 0.2) is 0 Å². The van der Waals surface area contributed by atoms with Gasteiger partial charge in [-0.3, -0.25) is 4.98 Å². The Labute approximate surface area is 244 Å². The highest BCUT2D eigenvalue weighted by Crippen LogP contribution is 2.58. The average Bonchev–Trinajstić information content (AvgIpc) is 3.39. The second-order valence-electron chi connectivity index (χ2n) is 11.0. The lowest BCUT2D eigenvalue weighted by molar-refractivity contribution is 1.41. The third-order valence-electron chi connectivity index (χ3n) is 8.86. The van der Waals surface area contributed by atoms with Gasteiger partial charge in [0, 0.05) is 11.6 Å². The molecule has 1 aliphatic rings. The van der Waals surface area contributed by atoms with Crippen LogP contribution in [0.1, 0.15) is 0 Å². The van der Waals surface area contributed by atoms with E-state index in [-0.39, 0.29) is 0 Å². The van der Waals surface area contributed by atoms with Gasteiger partial charge in [-0.15, -0.1) is 0 Å². The molecule has 0 aliphatic heterocycles. The van der Waals surface area contributed by atoms with Crippen LogP contribution in [0, 0.1) is 0 Å². The van der Waals surface area contributed by atoms with E-state index in [2.05, 4.69) is 151 Å². The molecule has 42 heavy (non-hydrogen) atoms. The van der Waals surface area contributed by atoms with Crippen molar-refractivity contribution in [1.29, 1.82) is 0 Å². The monoisotopic (exact) mass is 531 g/mol. The maximum atomic E-state index is 4.65. The van der Waals surface area contributed by atoms with Crippen molar-refractivity contribution >= 4 is 32.4 Å². The molecule has 0 fully saturated rings. The highest BCUT2D eigenvalue weighted by Gasteiger charge is 2.31. The standard InChI is InChI=1S/C41H25N/c1-3-12-26(13-4-1)37-32-17-7-8-18-33(32)38(27-14-5-2-6-15-27)41-35-23-22-28(31-19-11-20-34(39(31)35)40(37)41)29-24-25-42-36-21-10-9-16-30(29)36/h1-25H. The summed E-state index contributed by atoms with van der Waals surface area (Å²) >= 11 is 0. The second-order valence-corrected chi connectivity index (χ2v) is 11.0. The molecule has 0 unspecified atom stereocenters. The summed E-state index contributed by atoms with van der Waals surface area (Å²) in [7, 11) is 0. The van der Waals surface area contributed by atoms with Crippen molar-refractivity contribution in [1.82, 2.24) is 4.98 Å². The van der Waals surface area contributed by atoms with E-state index in [1.807, 2.05) is 6.20 Å². The first-order chi connectivity index (χ1) is 20.9. The van der Waals surface area contributed by atoms with E-state index >= 15 is 0 Å². The van der Waals surface area contributed by atoms with Crippen LogP contribution in [-0.4, -0.2) is 4.98 Å². The molecule has 8 aromatic rings. The summed E-state index contributed by atoms with van der Waals surface area (Å²) < 4.78 is 0. The van der Waals surface area contributed by atoms with Gasteiger partial charge in [-0.2, -0.15) is 0 Å². The number of benzene rings is 7. The SMILES string of the molecule is c1ccc(-c2c3c(c(-c4ccccc4)c4ccccc24)-c2ccc(-c4ccnc5ccccc45)c4cccc-3c24)cc1. The lowest BCUT2D eigenvalue weighted by Gasteiger charge is -2.20. The van der Waals surface area contributed by atoms with E-state index in [1.165, 1.54) is 82.6 Å². The zero-order valence-corrected chi connectivity index (χ0v) is 22.9. The summed E-state index contributed by atoms with van der Waals surface area (Å²) in [6, 6.07) is 52.9. The van der Waals surface area contributed by atoms with Crippen molar-refractivity contribution in [3.63, 3.8) is 0 Å². The molecule has 0 saturated heterocycles. The molecule has 0 saturated carbocycles. The van der Waals surface area contributed by atoms with E-state index in [0.29, 0.717) is 0 Å². The van der Waals surface area contributed by atoms with Crippen LogP contribution >= 0.6 is 0 Å². The van der Waals surface area contributed by atoms with E-state index < -0.39 is 0 Å². The number of aromatic nitrogens is 1. The molecule has 0 bridgehead atoms. The van der Waals surface area contributed by atoms with E-state index in [4.69, 9.17) is 0 Å². The molecule has 7 aromatic carbocycles. The minimum Gasteiger partial charge on any atom is -0.256 e. The molecule has 0 atom stereocenters. The highest BCUT2D eigenvalue weighted by molar-refractivity contribution is 6.29. The number of pyridine rings is 1. The molecular formula is C41H25N. The summed E-state index contributed by atoms with van der Waals surface area (Å²) in [5.74, 6) is 0. The number of fused-ring (bicyclic) bond motifs is 5. The molecule has 1 nitrogen and oxygen atoms in total. The Balaban J connectivity index is 1.46. The first-order valence-corrected chi connectivity index (χ1v) is 14.5. The zero-order valence-electron chi connectivity index (χ0n) is 22.9. The lowest BCUT2D eigenvalue weighted by atomic mass is 9.82. The van der Waals surface area contributed by atoms with Gasteiger partial charge in [0.1, 0.15) is 0 Å². The first kappa shape index (κ1) is 23.2. The molecule has 194 valence electrons. The number of nitrogens with zero attached hydrogens (tertiary/aromatic N) is 1. The molecule has 1 heterocycles. The van der Waals surface area contributed by atoms with Crippen molar-refractivity contribution in [2.45, 2.75) is 0 Å². The van der Waals surface area contributed by atoms with Crippen molar-refractivity contribution in [2.24, 2.45) is 0 Å². The Hall–Kier alpha value is -5.53. The van der Waals surface area contributed by atoms with E-state index in [1.54, 1.807) is 0 Å². The Morgan fingerprint density at radius 1 is 0.310 bits per heavy atom.